The van der Waals surface area contributed by atoms with Crippen LogP contribution in [0.5, 0.6) is 5.75 Å². The molecule has 0 aliphatic heterocycles. The van der Waals surface area contributed by atoms with Gasteiger partial charge in [-0.25, -0.2) is 4.98 Å². The molecule has 0 radical (unpaired) electrons. The summed E-state index contributed by atoms with van der Waals surface area (Å²) in [4.78, 5) is 18.0. The minimum atomic E-state index is -0.273. The van der Waals surface area contributed by atoms with Crippen molar-refractivity contribution in [2.75, 3.05) is 0 Å². The van der Waals surface area contributed by atoms with E-state index in [0.717, 1.165) is 11.1 Å². The number of aromatic nitrogens is 2. The Morgan fingerprint density at radius 2 is 1.68 bits per heavy atom. The van der Waals surface area contributed by atoms with Crippen LogP contribution in [0.4, 0.5) is 0 Å². The van der Waals surface area contributed by atoms with Crippen LogP contribution in [-0.2, 0) is 6.61 Å². The molecule has 0 spiro atoms. The van der Waals surface area contributed by atoms with E-state index in [4.69, 9.17) is 44.5 Å². The van der Waals surface area contributed by atoms with Gasteiger partial charge in [-0.2, -0.15) is 9.78 Å². The van der Waals surface area contributed by atoms with Crippen LogP contribution in [-0.4, -0.2) is 15.9 Å². The lowest BCUT2D eigenvalue weighted by Gasteiger charge is -2.12. The van der Waals surface area contributed by atoms with E-state index in [0.29, 0.717) is 47.6 Å². The molecule has 0 fully saturated rings. The monoisotopic (exact) mass is 611 g/mol. The predicted octanol–water partition coefficient (Wildman–Crippen LogP) is 8.25. The van der Waals surface area contributed by atoms with Gasteiger partial charge in [0.05, 0.1) is 26.6 Å². The minimum absolute atomic E-state index is 0.209. The third kappa shape index (κ3) is 5.58. The maximum atomic E-state index is 13.3. The first-order valence-electron chi connectivity index (χ1n) is 11.1. The highest BCUT2D eigenvalue weighted by molar-refractivity contribution is 9.10. The van der Waals surface area contributed by atoms with Gasteiger partial charge >= 0.3 is 0 Å². The largest absolute Gasteiger partial charge is 0.486 e. The van der Waals surface area contributed by atoms with Crippen LogP contribution in [0.15, 0.2) is 99.3 Å². The lowest BCUT2D eigenvalue weighted by atomic mass is 10.2. The van der Waals surface area contributed by atoms with Crippen molar-refractivity contribution in [3.8, 4) is 17.1 Å². The number of nitrogens with zero attached hydrogens (tertiary/aromatic N) is 3. The average molecular weight is 614 g/mol. The molecule has 0 aliphatic rings. The van der Waals surface area contributed by atoms with E-state index in [1.807, 2.05) is 42.5 Å². The molecule has 0 saturated heterocycles. The highest BCUT2D eigenvalue weighted by Crippen LogP contribution is 2.35. The van der Waals surface area contributed by atoms with Gasteiger partial charge in [-0.15, -0.1) is 0 Å². The van der Waals surface area contributed by atoms with Crippen molar-refractivity contribution in [1.29, 1.82) is 0 Å². The van der Waals surface area contributed by atoms with Gasteiger partial charge in [-0.1, -0.05) is 83.3 Å². The zero-order valence-electron chi connectivity index (χ0n) is 19.0. The van der Waals surface area contributed by atoms with E-state index in [1.54, 1.807) is 48.7 Å². The summed E-state index contributed by atoms with van der Waals surface area (Å²) in [7, 11) is 0. The van der Waals surface area contributed by atoms with Crippen molar-refractivity contribution < 1.29 is 4.74 Å². The first kappa shape index (κ1) is 25.5. The quantitative estimate of drug-likeness (QED) is 0.181. The Kier molecular flexibility index (Phi) is 7.63. The molecule has 0 bridgehead atoms. The summed E-state index contributed by atoms with van der Waals surface area (Å²) in [6.07, 6.45) is 1.56. The fourth-order valence-electron chi connectivity index (χ4n) is 3.71. The molecule has 1 heterocycles. The number of fused-ring (bicyclic) bond motifs is 1. The van der Waals surface area contributed by atoms with Crippen LogP contribution < -0.4 is 10.3 Å². The second-order valence-electron chi connectivity index (χ2n) is 8.02. The Labute approximate surface area is 236 Å². The molecule has 0 unspecified atom stereocenters. The van der Waals surface area contributed by atoms with Gasteiger partial charge in [0, 0.05) is 21.2 Å². The molecule has 0 aliphatic carbocycles. The van der Waals surface area contributed by atoms with Gasteiger partial charge in [0.1, 0.15) is 6.61 Å². The summed E-state index contributed by atoms with van der Waals surface area (Å²) in [5.74, 6) is 0.893. The Morgan fingerprint density at radius 1 is 0.919 bits per heavy atom. The first-order valence-corrected chi connectivity index (χ1v) is 13.0. The van der Waals surface area contributed by atoms with E-state index >= 15 is 0 Å². The zero-order valence-corrected chi connectivity index (χ0v) is 22.9. The summed E-state index contributed by atoms with van der Waals surface area (Å²) < 4.78 is 7.84. The highest BCUT2D eigenvalue weighted by atomic mass is 79.9. The summed E-state index contributed by atoms with van der Waals surface area (Å²) in [5.41, 5.74) is 2.53. The van der Waals surface area contributed by atoms with E-state index in [2.05, 4.69) is 21.0 Å². The summed E-state index contributed by atoms with van der Waals surface area (Å²) in [6, 6.07) is 25.3. The molecule has 0 saturated carbocycles. The number of para-hydroxylation sites is 1. The van der Waals surface area contributed by atoms with Crippen molar-refractivity contribution in [2.45, 2.75) is 6.61 Å². The SMILES string of the molecule is O=c1c2ccccc2nc(-c2ccccc2)n1N=Cc1cc(Cl)c(OCc2ccc(Cl)cc2Cl)c(Br)c1. The molecule has 37 heavy (non-hydrogen) atoms. The third-order valence-electron chi connectivity index (χ3n) is 5.52. The lowest BCUT2D eigenvalue weighted by Crippen LogP contribution is -2.20. The highest BCUT2D eigenvalue weighted by Gasteiger charge is 2.13. The number of ether oxygens (including phenoxy) is 1. The van der Waals surface area contributed by atoms with Crippen molar-refractivity contribution in [3.63, 3.8) is 0 Å². The summed E-state index contributed by atoms with van der Waals surface area (Å²) in [6.45, 7) is 0.209. The molecule has 5 nitrogen and oxygen atoms in total. The Morgan fingerprint density at radius 3 is 2.43 bits per heavy atom. The fourth-order valence-corrected chi connectivity index (χ4v) is 5.16. The number of benzene rings is 4. The second kappa shape index (κ2) is 11.1. The normalized spacial score (nSPS) is 11.4. The first-order chi connectivity index (χ1) is 17.9. The Bertz CT molecular complexity index is 1680. The fraction of sp³-hybridized carbons (Fsp3) is 0.0357. The molecule has 184 valence electrons. The standard InChI is InChI=1S/C28H17BrCl3N3O2/c29-22-12-17(13-24(32)26(22)37-16-19-10-11-20(30)14-23(19)31)15-33-35-27(18-6-2-1-3-7-18)34-25-9-5-4-8-21(25)28(35)36/h1-15H,16H2. The lowest BCUT2D eigenvalue weighted by molar-refractivity contribution is 0.304. The van der Waals surface area contributed by atoms with Crippen LogP contribution >= 0.6 is 50.7 Å². The summed E-state index contributed by atoms with van der Waals surface area (Å²) in [5, 5.41) is 6.39. The maximum Gasteiger partial charge on any atom is 0.282 e. The van der Waals surface area contributed by atoms with Gasteiger partial charge in [-0.3, -0.25) is 4.79 Å². The van der Waals surface area contributed by atoms with Crippen molar-refractivity contribution in [1.82, 2.24) is 9.66 Å². The average Bonchev–Trinajstić information content (AvgIpc) is 2.89. The van der Waals surface area contributed by atoms with Crippen LogP contribution in [0.2, 0.25) is 15.1 Å². The van der Waals surface area contributed by atoms with Gasteiger partial charge in [-0.05, 0) is 57.9 Å². The number of rotatable bonds is 6. The van der Waals surface area contributed by atoms with Crippen molar-refractivity contribution in [2.24, 2.45) is 5.10 Å². The van der Waals surface area contributed by atoms with Crippen LogP contribution in [0.25, 0.3) is 22.3 Å². The second-order valence-corrected chi connectivity index (χ2v) is 10.1. The Balaban J connectivity index is 1.48. The maximum absolute atomic E-state index is 13.3. The molecule has 0 amide bonds. The molecular formula is C28H17BrCl3N3O2. The Hall–Kier alpha value is -3.16. The van der Waals surface area contributed by atoms with Crippen molar-refractivity contribution >= 4 is 67.9 Å². The molecule has 5 aromatic rings. The molecule has 9 heteroatoms. The summed E-state index contributed by atoms with van der Waals surface area (Å²) >= 11 is 22.3. The van der Waals surface area contributed by atoms with Crippen molar-refractivity contribution in [3.05, 3.63) is 126 Å². The van der Waals surface area contributed by atoms with Gasteiger partial charge in [0.15, 0.2) is 11.6 Å². The zero-order chi connectivity index (χ0) is 25.9. The molecule has 4 aromatic carbocycles. The molecule has 0 atom stereocenters. The third-order valence-corrected chi connectivity index (χ3v) is 6.97. The molecule has 0 N–H and O–H groups in total. The minimum Gasteiger partial charge on any atom is -0.486 e. The van der Waals surface area contributed by atoms with Crippen LogP contribution in [0.1, 0.15) is 11.1 Å². The van der Waals surface area contributed by atoms with E-state index in [-0.39, 0.29) is 12.2 Å². The van der Waals surface area contributed by atoms with Gasteiger partial charge in [0.25, 0.3) is 5.56 Å². The molecular weight excluding hydrogens is 597 g/mol. The van der Waals surface area contributed by atoms with Crippen LogP contribution in [0, 0.1) is 0 Å². The number of hydrogen-bond donors (Lipinski definition) is 0. The van der Waals surface area contributed by atoms with Gasteiger partial charge in [0.2, 0.25) is 0 Å². The molecule has 1 aromatic heterocycles. The van der Waals surface area contributed by atoms with E-state index < -0.39 is 0 Å². The number of halogens is 4. The smallest absolute Gasteiger partial charge is 0.282 e. The van der Waals surface area contributed by atoms with E-state index in [1.165, 1.54) is 4.68 Å². The topological polar surface area (TPSA) is 56.5 Å². The van der Waals surface area contributed by atoms with E-state index in [9.17, 15) is 4.79 Å². The predicted molar refractivity (Wildman–Crippen MR) is 154 cm³/mol. The molecule has 5 rings (SSSR count). The van der Waals surface area contributed by atoms with Crippen LogP contribution in [0.3, 0.4) is 0 Å². The van der Waals surface area contributed by atoms with Gasteiger partial charge < -0.3 is 4.74 Å². The number of hydrogen-bond acceptors (Lipinski definition) is 4.